The fourth-order valence-electron chi connectivity index (χ4n) is 4.49. The minimum atomic E-state index is -1.14. The molecule has 0 spiro atoms. The zero-order valence-electron chi connectivity index (χ0n) is 15.2. The summed E-state index contributed by atoms with van der Waals surface area (Å²) in [6.07, 6.45) is 1.54. The summed E-state index contributed by atoms with van der Waals surface area (Å²) in [5.74, 6) is -4.69. The number of carbonyl (C=O) groups excluding carboxylic acids is 4. The number of pyridine rings is 1. The Bertz CT molecular complexity index is 1050. The van der Waals surface area contributed by atoms with Crippen molar-refractivity contribution in [3.05, 3.63) is 101 Å². The molecule has 0 bridgehead atoms. The number of hydrogen-bond donors (Lipinski definition) is 0. The van der Waals surface area contributed by atoms with Crippen molar-refractivity contribution in [1.29, 1.82) is 0 Å². The molecular formula is C24H15NO4. The number of Topliss-reactive ketones (excluding diaryl/α,β-unsaturated/α-hetero) is 4. The molecule has 0 radical (unpaired) electrons. The van der Waals surface area contributed by atoms with E-state index < -0.39 is 17.8 Å². The van der Waals surface area contributed by atoms with Gasteiger partial charge in [0.2, 0.25) is 0 Å². The topological polar surface area (TPSA) is 81.2 Å². The lowest BCUT2D eigenvalue weighted by Gasteiger charge is -2.25. The second-order valence-electron chi connectivity index (χ2n) is 7.28. The molecule has 1 aromatic heterocycles. The molecule has 0 saturated carbocycles. The van der Waals surface area contributed by atoms with Crippen molar-refractivity contribution < 1.29 is 19.2 Å². The minimum absolute atomic E-state index is 0.332. The summed E-state index contributed by atoms with van der Waals surface area (Å²) in [5, 5.41) is 0. The third kappa shape index (κ3) is 2.44. The number of benzene rings is 2. The zero-order valence-corrected chi connectivity index (χ0v) is 15.2. The molecule has 0 atom stereocenters. The smallest absolute Gasteiger partial charge is 0.175 e. The van der Waals surface area contributed by atoms with Crippen molar-refractivity contribution in [2.24, 2.45) is 11.8 Å². The van der Waals surface area contributed by atoms with E-state index in [1.807, 2.05) is 0 Å². The molecule has 5 rings (SSSR count). The van der Waals surface area contributed by atoms with Gasteiger partial charge in [0.05, 0.1) is 11.8 Å². The van der Waals surface area contributed by atoms with Crippen LogP contribution in [0.5, 0.6) is 0 Å². The predicted octanol–water partition coefficient (Wildman–Crippen LogP) is 3.56. The van der Waals surface area contributed by atoms with Crippen LogP contribution in [0.4, 0.5) is 0 Å². The largest absolute Gasteiger partial charge is 0.293 e. The van der Waals surface area contributed by atoms with Crippen LogP contribution in [0, 0.1) is 11.8 Å². The van der Waals surface area contributed by atoms with E-state index in [2.05, 4.69) is 4.98 Å². The van der Waals surface area contributed by atoms with Gasteiger partial charge in [-0.05, 0) is 12.1 Å². The van der Waals surface area contributed by atoms with Crippen LogP contribution >= 0.6 is 0 Å². The Morgan fingerprint density at radius 2 is 0.931 bits per heavy atom. The molecule has 0 aliphatic heterocycles. The van der Waals surface area contributed by atoms with Crippen LogP contribution < -0.4 is 0 Å². The van der Waals surface area contributed by atoms with Crippen molar-refractivity contribution in [2.75, 3.05) is 0 Å². The first-order valence-electron chi connectivity index (χ1n) is 9.35. The average Bonchev–Trinajstić information content (AvgIpc) is 3.16. The van der Waals surface area contributed by atoms with Gasteiger partial charge in [-0.2, -0.15) is 0 Å². The highest BCUT2D eigenvalue weighted by Crippen LogP contribution is 2.45. The Kier molecular flexibility index (Phi) is 3.84. The molecule has 5 heteroatoms. The molecule has 1 heterocycles. The number of rotatable bonds is 3. The van der Waals surface area contributed by atoms with Crippen molar-refractivity contribution >= 4 is 23.1 Å². The number of nitrogens with zero attached hydrogens (tertiary/aromatic N) is 1. The van der Waals surface area contributed by atoms with Gasteiger partial charge < -0.3 is 0 Å². The Morgan fingerprint density at radius 3 is 1.28 bits per heavy atom. The fraction of sp³-hybridized carbons (Fsp3) is 0.125. The Hall–Kier alpha value is -3.73. The second-order valence-corrected chi connectivity index (χ2v) is 7.28. The molecule has 29 heavy (non-hydrogen) atoms. The van der Waals surface area contributed by atoms with E-state index in [1.165, 1.54) is 6.20 Å². The zero-order chi connectivity index (χ0) is 20.1. The summed E-state index contributed by atoms with van der Waals surface area (Å²) in [7, 11) is 0. The quantitative estimate of drug-likeness (QED) is 0.648. The maximum Gasteiger partial charge on any atom is 0.175 e. The van der Waals surface area contributed by atoms with Crippen molar-refractivity contribution in [1.82, 2.24) is 4.98 Å². The van der Waals surface area contributed by atoms with Gasteiger partial charge in [-0.25, -0.2) is 0 Å². The number of hydrogen-bond acceptors (Lipinski definition) is 5. The molecule has 2 aliphatic carbocycles. The fourth-order valence-corrected chi connectivity index (χ4v) is 4.49. The third-order valence-corrected chi connectivity index (χ3v) is 5.79. The van der Waals surface area contributed by atoms with E-state index in [1.54, 1.807) is 66.7 Å². The van der Waals surface area contributed by atoms with E-state index in [9.17, 15) is 19.2 Å². The standard InChI is InChI=1S/C24H15NO4/c26-21-13-7-1-2-8-14(13)22(27)19(21)18(17-11-5-6-12-25-17)20-23(28)15-9-3-4-10-16(15)24(20)29/h1-12,18-20H. The number of ketones is 4. The van der Waals surface area contributed by atoms with Crippen LogP contribution in [0.1, 0.15) is 53.0 Å². The van der Waals surface area contributed by atoms with Gasteiger partial charge in [0.1, 0.15) is 0 Å². The Labute approximate surface area is 166 Å². The van der Waals surface area contributed by atoms with Gasteiger partial charge in [-0.1, -0.05) is 54.6 Å². The van der Waals surface area contributed by atoms with Crippen LogP contribution in [0.2, 0.25) is 0 Å². The number of fused-ring (bicyclic) bond motifs is 2. The highest BCUT2D eigenvalue weighted by Gasteiger charge is 2.53. The lowest BCUT2D eigenvalue weighted by atomic mass is 9.74. The lowest BCUT2D eigenvalue weighted by molar-refractivity contribution is 0.0726. The first kappa shape index (κ1) is 17.4. The molecular weight excluding hydrogens is 366 g/mol. The summed E-state index contributed by atoms with van der Waals surface area (Å²) >= 11 is 0. The molecule has 3 aromatic rings. The minimum Gasteiger partial charge on any atom is -0.293 e. The summed E-state index contributed by atoms with van der Waals surface area (Å²) < 4.78 is 0. The first-order chi connectivity index (χ1) is 14.1. The maximum absolute atomic E-state index is 13.2. The van der Waals surface area contributed by atoms with Crippen molar-refractivity contribution in [3.8, 4) is 0 Å². The normalized spacial score (nSPS) is 16.6. The van der Waals surface area contributed by atoms with Gasteiger partial charge >= 0.3 is 0 Å². The Balaban J connectivity index is 1.68. The van der Waals surface area contributed by atoms with Crippen LogP contribution in [0.25, 0.3) is 0 Å². The van der Waals surface area contributed by atoms with E-state index in [4.69, 9.17) is 0 Å². The molecule has 0 saturated heterocycles. The summed E-state index contributed by atoms with van der Waals surface area (Å²) in [5.41, 5.74) is 1.72. The molecule has 2 aromatic carbocycles. The predicted molar refractivity (Wildman–Crippen MR) is 104 cm³/mol. The van der Waals surface area contributed by atoms with Gasteiger partial charge in [-0.3, -0.25) is 24.2 Å². The molecule has 0 unspecified atom stereocenters. The summed E-state index contributed by atoms with van der Waals surface area (Å²) in [6.45, 7) is 0. The molecule has 5 nitrogen and oxygen atoms in total. The second kappa shape index (κ2) is 6.41. The van der Waals surface area contributed by atoms with Gasteiger partial charge in [0.25, 0.3) is 0 Å². The average molecular weight is 381 g/mol. The Morgan fingerprint density at radius 1 is 0.552 bits per heavy atom. The SMILES string of the molecule is O=C1c2ccccc2C(=O)C1C(c1ccccn1)C1C(=O)c2ccccc2C1=O. The van der Waals surface area contributed by atoms with E-state index >= 15 is 0 Å². The molecule has 140 valence electrons. The van der Waals surface area contributed by atoms with Gasteiger partial charge in [0, 0.05) is 40.1 Å². The molecule has 2 aliphatic rings. The number of aromatic nitrogens is 1. The van der Waals surface area contributed by atoms with Crippen LogP contribution in [0.15, 0.2) is 72.9 Å². The van der Waals surface area contributed by atoms with Crippen LogP contribution in [-0.4, -0.2) is 28.1 Å². The van der Waals surface area contributed by atoms with E-state index in [-0.39, 0.29) is 23.1 Å². The van der Waals surface area contributed by atoms with Crippen molar-refractivity contribution in [3.63, 3.8) is 0 Å². The van der Waals surface area contributed by atoms with Gasteiger partial charge in [0.15, 0.2) is 23.1 Å². The third-order valence-electron chi connectivity index (χ3n) is 5.79. The van der Waals surface area contributed by atoms with Crippen molar-refractivity contribution in [2.45, 2.75) is 5.92 Å². The molecule has 0 N–H and O–H groups in total. The maximum atomic E-state index is 13.2. The monoisotopic (exact) mass is 381 g/mol. The highest BCUT2D eigenvalue weighted by molar-refractivity contribution is 6.30. The molecule has 0 fully saturated rings. The highest BCUT2D eigenvalue weighted by atomic mass is 16.2. The lowest BCUT2D eigenvalue weighted by Crippen LogP contribution is -2.35. The summed E-state index contributed by atoms with van der Waals surface area (Å²) in [4.78, 5) is 57.1. The van der Waals surface area contributed by atoms with Gasteiger partial charge in [-0.15, -0.1) is 0 Å². The van der Waals surface area contributed by atoms with Crippen LogP contribution in [0.3, 0.4) is 0 Å². The first-order valence-corrected chi connectivity index (χ1v) is 9.35. The number of carbonyl (C=O) groups is 4. The van der Waals surface area contributed by atoms with Crippen LogP contribution in [-0.2, 0) is 0 Å². The molecule has 0 amide bonds. The summed E-state index contributed by atoms with van der Waals surface area (Å²) in [6, 6.07) is 18.3. The van der Waals surface area contributed by atoms with E-state index in [0.29, 0.717) is 27.9 Å². The van der Waals surface area contributed by atoms with E-state index in [0.717, 1.165) is 0 Å².